The molecule has 2 atom stereocenters. The highest BCUT2D eigenvalue weighted by molar-refractivity contribution is 14.1. The molecule has 1 rings (SSSR count). The molecule has 0 radical (unpaired) electrons. The molecule has 0 aromatic rings. The summed E-state index contributed by atoms with van der Waals surface area (Å²) in [4.78, 5) is 0. The van der Waals surface area contributed by atoms with E-state index >= 15 is 0 Å². The van der Waals surface area contributed by atoms with Crippen LogP contribution in [-0.4, -0.2) is 21.2 Å². The molecule has 0 nitrogen and oxygen atoms in total. The Bertz CT molecular complexity index is 360. The van der Waals surface area contributed by atoms with E-state index in [9.17, 15) is 30.7 Å². The van der Waals surface area contributed by atoms with Gasteiger partial charge in [0.1, 0.15) is 0 Å². The summed E-state index contributed by atoms with van der Waals surface area (Å²) in [7, 11) is 0. The first kappa shape index (κ1) is 15.0. The molecule has 0 saturated heterocycles. The van der Waals surface area contributed by atoms with E-state index in [1.54, 1.807) is 0 Å². The third kappa shape index (κ3) is 1.61. The van der Waals surface area contributed by atoms with Crippen LogP contribution in [0.25, 0.3) is 0 Å². The van der Waals surface area contributed by atoms with Crippen LogP contribution in [0.15, 0.2) is 11.9 Å². The lowest BCUT2D eigenvalue weighted by atomic mass is 9.78. The predicted molar refractivity (Wildman–Crippen MR) is 55.6 cm³/mol. The monoisotopic (exact) mass is 376 g/mol. The largest absolute Gasteiger partial charge is 0.364 e. The molecule has 0 aromatic carbocycles. The second-order valence-electron chi connectivity index (χ2n) is 4.14. The van der Waals surface area contributed by atoms with Gasteiger partial charge in [0.25, 0.3) is 3.68 Å². The average Bonchev–Trinajstić information content (AvgIpc) is 2.14. The van der Waals surface area contributed by atoms with Crippen LogP contribution in [0.3, 0.4) is 0 Å². The van der Waals surface area contributed by atoms with Gasteiger partial charge in [0.2, 0.25) is 0 Å². The zero-order valence-corrected chi connectivity index (χ0v) is 10.8. The normalized spacial score (nSPS) is 40.3. The maximum Gasteiger partial charge on any atom is 0.364 e. The van der Waals surface area contributed by atoms with E-state index in [0.717, 1.165) is 13.8 Å². The summed E-state index contributed by atoms with van der Waals surface area (Å²) < 4.78 is 88.7. The maximum atomic E-state index is 14.1. The van der Waals surface area contributed by atoms with Crippen LogP contribution in [0, 0.1) is 5.92 Å². The van der Waals surface area contributed by atoms with Crippen molar-refractivity contribution in [2.75, 3.05) is 0 Å². The molecule has 0 N–H and O–H groups in total. The third-order valence-corrected chi connectivity index (χ3v) is 4.25. The van der Waals surface area contributed by atoms with Gasteiger partial charge in [0.15, 0.2) is 11.5 Å². The Morgan fingerprint density at radius 1 is 1.06 bits per heavy atom. The number of allylic oxidation sites excluding steroid dienone is 2. The van der Waals surface area contributed by atoms with Crippen LogP contribution in [0.1, 0.15) is 13.8 Å². The molecule has 0 bridgehead atoms. The average molecular weight is 376 g/mol. The number of alkyl halides is 7. The summed E-state index contributed by atoms with van der Waals surface area (Å²) in [5, 5.41) is 0. The fourth-order valence-electron chi connectivity index (χ4n) is 1.48. The summed E-state index contributed by atoms with van der Waals surface area (Å²) in [6.45, 7) is 1.99. The first-order chi connectivity index (χ1) is 7.32. The van der Waals surface area contributed by atoms with Crippen molar-refractivity contribution >= 4 is 22.6 Å². The number of halogens is 8. The SMILES string of the molecule is CC(C)C1(F)C=C(F)C(F)(F)C(F)(F)C1(F)I. The molecule has 8 heteroatoms. The van der Waals surface area contributed by atoms with Crippen molar-refractivity contribution in [1.82, 2.24) is 0 Å². The molecule has 100 valence electrons. The zero-order valence-electron chi connectivity index (χ0n) is 8.68. The Balaban J connectivity index is 3.57. The third-order valence-electron chi connectivity index (χ3n) is 2.75. The lowest BCUT2D eigenvalue weighted by Gasteiger charge is -2.46. The van der Waals surface area contributed by atoms with Crippen molar-refractivity contribution in [3.8, 4) is 0 Å². The molecule has 2 unspecified atom stereocenters. The standard InChI is InChI=1S/C9H8F7I/c1-4(2)6(11)3-5(10)7(12,13)8(14,15)9(6,16)17/h3-4H,1-2H3. The summed E-state index contributed by atoms with van der Waals surface area (Å²) in [5.74, 6) is -14.9. The molecule has 0 aliphatic heterocycles. The molecule has 1 aliphatic carbocycles. The lowest BCUT2D eigenvalue weighted by Crippen LogP contribution is -2.66. The van der Waals surface area contributed by atoms with Gasteiger partial charge in [-0.3, -0.25) is 0 Å². The van der Waals surface area contributed by atoms with Crippen LogP contribution in [0.5, 0.6) is 0 Å². The minimum absolute atomic E-state index is 0.280. The quantitative estimate of drug-likeness (QED) is 0.357. The fraction of sp³-hybridized carbons (Fsp3) is 0.778. The maximum absolute atomic E-state index is 14.1. The molecule has 0 spiro atoms. The minimum atomic E-state index is -5.47. The van der Waals surface area contributed by atoms with Gasteiger partial charge in [-0.25, -0.2) is 13.2 Å². The molecule has 0 amide bonds. The minimum Gasteiger partial charge on any atom is -0.234 e. The molecule has 0 saturated carbocycles. The second-order valence-corrected chi connectivity index (χ2v) is 5.62. The Hall–Kier alpha value is -0.0200. The molecule has 0 aromatic heterocycles. The van der Waals surface area contributed by atoms with Crippen molar-refractivity contribution in [3.05, 3.63) is 11.9 Å². The van der Waals surface area contributed by atoms with Crippen molar-refractivity contribution in [1.29, 1.82) is 0 Å². The Morgan fingerprint density at radius 2 is 1.47 bits per heavy atom. The van der Waals surface area contributed by atoms with Gasteiger partial charge >= 0.3 is 11.8 Å². The fourth-order valence-corrected chi connectivity index (χ4v) is 2.60. The van der Waals surface area contributed by atoms with Gasteiger partial charge < -0.3 is 0 Å². The zero-order chi connectivity index (χ0) is 13.9. The summed E-state index contributed by atoms with van der Waals surface area (Å²) >= 11 is 0.280. The van der Waals surface area contributed by atoms with Crippen LogP contribution >= 0.6 is 22.6 Å². The molecular formula is C9H8F7I. The van der Waals surface area contributed by atoms with Crippen LogP contribution in [0.4, 0.5) is 30.7 Å². The Kier molecular flexibility index (Phi) is 3.31. The van der Waals surface area contributed by atoms with E-state index in [1.165, 1.54) is 0 Å². The van der Waals surface area contributed by atoms with Gasteiger partial charge in [-0.05, 0) is 34.6 Å². The predicted octanol–water partition coefficient (Wildman–Crippen LogP) is 4.59. The Labute approximate surface area is 106 Å². The molecule has 1 aliphatic rings. The first-order valence-corrected chi connectivity index (χ1v) is 5.61. The highest BCUT2D eigenvalue weighted by Gasteiger charge is 2.81. The lowest BCUT2D eigenvalue weighted by molar-refractivity contribution is -0.264. The summed E-state index contributed by atoms with van der Waals surface area (Å²) in [5.41, 5.74) is -3.51. The highest BCUT2D eigenvalue weighted by atomic mass is 127. The molecule has 17 heavy (non-hydrogen) atoms. The summed E-state index contributed by atoms with van der Waals surface area (Å²) in [6, 6.07) is 0. The van der Waals surface area contributed by atoms with Crippen molar-refractivity contribution in [3.63, 3.8) is 0 Å². The van der Waals surface area contributed by atoms with Gasteiger partial charge in [-0.1, -0.05) is 13.8 Å². The summed E-state index contributed by atoms with van der Waals surface area (Å²) in [6.07, 6.45) is -0.387. The smallest absolute Gasteiger partial charge is 0.234 e. The van der Waals surface area contributed by atoms with Crippen LogP contribution in [0.2, 0.25) is 0 Å². The first-order valence-electron chi connectivity index (χ1n) is 4.53. The number of hydrogen-bond donors (Lipinski definition) is 0. The van der Waals surface area contributed by atoms with Crippen molar-refractivity contribution < 1.29 is 30.7 Å². The van der Waals surface area contributed by atoms with E-state index in [4.69, 9.17) is 0 Å². The van der Waals surface area contributed by atoms with Crippen LogP contribution in [-0.2, 0) is 0 Å². The van der Waals surface area contributed by atoms with Gasteiger partial charge in [-0.15, -0.1) is 0 Å². The second kappa shape index (κ2) is 3.74. The van der Waals surface area contributed by atoms with Gasteiger partial charge in [0, 0.05) is 0 Å². The van der Waals surface area contributed by atoms with E-state index in [0.29, 0.717) is 0 Å². The molecular weight excluding hydrogens is 368 g/mol. The highest BCUT2D eigenvalue weighted by Crippen LogP contribution is 2.62. The van der Waals surface area contributed by atoms with E-state index in [2.05, 4.69) is 0 Å². The van der Waals surface area contributed by atoms with E-state index in [-0.39, 0.29) is 28.7 Å². The Morgan fingerprint density at radius 3 is 1.82 bits per heavy atom. The van der Waals surface area contributed by atoms with Crippen molar-refractivity contribution in [2.24, 2.45) is 5.92 Å². The number of hydrogen-bond acceptors (Lipinski definition) is 0. The molecule has 0 heterocycles. The van der Waals surface area contributed by atoms with E-state index in [1.807, 2.05) is 0 Å². The topological polar surface area (TPSA) is 0 Å². The van der Waals surface area contributed by atoms with Gasteiger partial charge in [-0.2, -0.15) is 17.6 Å². The van der Waals surface area contributed by atoms with E-state index < -0.39 is 32.9 Å². The van der Waals surface area contributed by atoms with Gasteiger partial charge in [0.05, 0.1) is 0 Å². The van der Waals surface area contributed by atoms with Crippen LogP contribution < -0.4 is 0 Å². The van der Waals surface area contributed by atoms with Crippen molar-refractivity contribution in [2.45, 2.75) is 35.0 Å². The number of rotatable bonds is 1. The molecule has 0 fully saturated rings.